The molecule has 1 aromatic heterocycles. The zero-order valence-electron chi connectivity index (χ0n) is 13.9. The number of hydrogen-bond acceptors (Lipinski definition) is 4. The number of likely N-dealkylation sites (tertiary alicyclic amines) is 1. The first-order chi connectivity index (χ1) is 11.6. The molecule has 3 rings (SSSR count). The second kappa shape index (κ2) is 6.10. The van der Waals surface area contributed by atoms with Crippen LogP contribution in [0.25, 0.3) is 10.6 Å². The summed E-state index contributed by atoms with van der Waals surface area (Å²) in [4.78, 5) is 19.0. The van der Waals surface area contributed by atoms with Crippen LogP contribution in [-0.4, -0.2) is 28.9 Å². The number of aryl methyl sites for hydroxylation is 1. The van der Waals surface area contributed by atoms with E-state index in [1.54, 1.807) is 0 Å². The maximum absolute atomic E-state index is 12.6. The van der Waals surface area contributed by atoms with E-state index < -0.39 is 17.2 Å². The number of nitrogens with zero attached hydrogens (tertiary/aromatic N) is 2. The molecular formula is C17H18F3N3OS. The van der Waals surface area contributed by atoms with Gasteiger partial charge in [-0.15, -0.1) is 11.3 Å². The standard InChI is InChI=1S/C17H18F3N3OS/c1-10-13(7-23-8-16(2,9-23)15(21)24)25-14(22-10)11-3-5-12(6-4-11)17(18,19)20/h3-6H,7-9H2,1-2H3,(H2,21,24). The number of nitrogens with two attached hydrogens (primary N) is 1. The monoisotopic (exact) mass is 369 g/mol. The minimum absolute atomic E-state index is 0.296. The molecule has 0 atom stereocenters. The second-order valence-corrected chi connectivity index (χ2v) is 7.76. The minimum atomic E-state index is -4.34. The molecule has 1 aliphatic rings. The summed E-state index contributed by atoms with van der Waals surface area (Å²) < 4.78 is 37.9. The SMILES string of the molecule is Cc1nc(-c2ccc(C(F)(F)F)cc2)sc1CN1CC(C)(C(N)=O)C1. The van der Waals surface area contributed by atoms with Gasteiger partial charge in [0.25, 0.3) is 0 Å². The van der Waals surface area contributed by atoms with Gasteiger partial charge in [0.2, 0.25) is 5.91 Å². The molecule has 134 valence electrons. The molecule has 2 N–H and O–H groups in total. The molecule has 25 heavy (non-hydrogen) atoms. The average Bonchev–Trinajstić information content (AvgIpc) is 2.86. The van der Waals surface area contributed by atoms with Crippen LogP contribution in [-0.2, 0) is 17.5 Å². The maximum atomic E-state index is 12.6. The summed E-state index contributed by atoms with van der Waals surface area (Å²) in [6, 6.07) is 5.02. The first-order valence-electron chi connectivity index (χ1n) is 7.75. The average molecular weight is 369 g/mol. The Morgan fingerprint density at radius 2 is 1.92 bits per heavy atom. The Morgan fingerprint density at radius 3 is 2.44 bits per heavy atom. The van der Waals surface area contributed by atoms with Gasteiger partial charge in [0.15, 0.2) is 0 Å². The van der Waals surface area contributed by atoms with Gasteiger partial charge in [0, 0.05) is 30.1 Å². The van der Waals surface area contributed by atoms with Crippen molar-refractivity contribution in [2.45, 2.75) is 26.6 Å². The highest BCUT2D eigenvalue weighted by Gasteiger charge is 2.43. The Balaban J connectivity index is 1.72. The number of primary amides is 1. The third-order valence-corrected chi connectivity index (χ3v) is 5.65. The highest BCUT2D eigenvalue weighted by molar-refractivity contribution is 7.15. The van der Waals surface area contributed by atoms with Crippen LogP contribution in [0.2, 0.25) is 0 Å². The van der Waals surface area contributed by atoms with Crippen LogP contribution in [0.3, 0.4) is 0 Å². The summed E-state index contributed by atoms with van der Waals surface area (Å²) >= 11 is 1.46. The number of hydrogen-bond donors (Lipinski definition) is 1. The zero-order chi connectivity index (χ0) is 18.4. The fraction of sp³-hybridized carbons (Fsp3) is 0.412. The number of carbonyl (C=O) groups is 1. The van der Waals surface area contributed by atoms with Gasteiger partial charge in [-0.05, 0) is 26.0 Å². The summed E-state index contributed by atoms with van der Waals surface area (Å²) in [6.45, 7) is 5.60. The smallest absolute Gasteiger partial charge is 0.369 e. The maximum Gasteiger partial charge on any atom is 0.416 e. The lowest BCUT2D eigenvalue weighted by Gasteiger charge is -2.45. The third-order valence-electron chi connectivity index (χ3n) is 4.46. The highest BCUT2D eigenvalue weighted by atomic mass is 32.1. The van der Waals surface area contributed by atoms with E-state index in [4.69, 9.17) is 5.73 Å². The molecule has 0 saturated carbocycles. The summed E-state index contributed by atoms with van der Waals surface area (Å²) in [5, 5.41) is 0.694. The minimum Gasteiger partial charge on any atom is -0.369 e. The lowest BCUT2D eigenvalue weighted by molar-refractivity contribution is -0.138. The molecule has 2 heterocycles. The van der Waals surface area contributed by atoms with Crippen molar-refractivity contribution in [3.8, 4) is 10.6 Å². The van der Waals surface area contributed by atoms with Crippen molar-refractivity contribution in [3.05, 3.63) is 40.4 Å². The van der Waals surface area contributed by atoms with Gasteiger partial charge < -0.3 is 5.73 Å². The molecule has 4 nitrogen and oxygen atoms in total. The molecule has 0 radical (unpaired) electrons. The molecule has 8 heteroatoms. The molecule has 1 fully saturated rings. The summed E-state index contributed by atoms with van der Waals surface area (Å²) in [6.07, 6.45) is -4.34. The molecule has 0 aliphatic carbocycles. The Kier molecular flexibility index (Phi) is 4.36. The first kappa shape index (κ1) is 17.9. The van der Waals surface area contributed by atoms with Crippen molar-refractivity contribution in [2.24, 2.45) is 11.1 Å². The molecule has 1 amide bonds. The van der Waals surface area contributed by atoms with E-state index in [1.165, 1.54) is 23.5 Å². The molecule has 1 aromatic carbocycles. The Labute approximate surface area is 147 Å². The van der Waals surface area contributed by atoms with Gasteiger partial charge >= 0.3 is 6.18 Å². The van der Waals surface area contributed by atoms with Crippen molar-refractivity contribution in [1.82, 2.24) is 9.88 Å². The van der Waals surface area contributed by atoms with E-state index >= 15 is 0 Å². The molecular weight excluding hydrogens is 351 g/mol. The lowest BCUT2D eigenvalue weighted by Crippen LogP contribution is -2.60. The number of amides is 1. The third kappa shape index (κ3) is 3.55. The number of benzene rings is 1. The van der Waals surface area contributed by atoms with Crippen molar-refractivity contribution in [2.75, 3.05) is 13.1 Å². The van der Waals surface area contributed by atoms with E-state index in [-0.39, 0.29) is 5.91 Å². The Hall–Kier alpha value is -1.93. The number of aromatic nitrogens is 1. The normalized spacial score (nSPS) is 17.3. The molecule has 1 aliphatic heterocycles. The summed E-state index contributed by atoms with van der Waals surface area (Å²) in [5.41, 5.74) is 5.76. The predicted molar refractivity (Wildman–Crippen MR) is 89.9 cm³/mol. The molecule has 2 aromatic rings. The molecule has 0 spiro atoms. The topological polar surface area (TPSA) is 59.2 Å². The fourth-order valence-electron chi connectivity index (χ4n) is 2.91. The second-order valence-electron chi connectivity index (χ2n) is 6.67. The zero-order valence-corrected chi connectivity index (χ0v) is 14.7. The number of alkyl halides is 3. The van der Waals surface area contributed by atoms with Gasteiger partial charge in [-0.3, -0.25) is 9.69 Å². The number of halogens is 3. The van der Waals surface area contributed by atoms with Crippen LogP contribution in [0.5, 0.6) is 0 Å². The molecule has 0 bridgehead atoms. The van der Waals surface area contributed by atoms with Crippen LogP contribution in [0.15, 0.2) is 24.3 Å². The lowest BCUT2D eigenvalue weighted by atomic mass is 9.81. The van der Waals surface area contributed by atoms with E-state index in [0.717, 1.165) is 22.7 Å². The van der Waals surface area contributed by atoms with Crippen LogP contribution >= 0.6 is 11.3 Å². The quantitative estimate of drug-likeness (QED) is 0.898. The van der Waals surface area contributed by atoms with Crippen LogP contribution in [0.4, 0.5) is 13.2 Å². The Bertz CT molecular complexity index is 792. The van der Waals surface area contributed by atoms with E-state index in [0.29, 0.717) is 30.2 Å². The molecule has 0 unspecified atom stereocenters. The van der Waals surface area contributed by atoms with Crippen molar-refractivity contribution in [1.29, 1.82) is 0 Å². The number of rotatable bonds is 4. The van der Waals surface area contributed by atoms with Crippen molar-refractivity contribution in [3.63, 3.8) is 0 Å². The Morgan fingerprint density at radius 1 is 1.32 bits per heavy atom. The van der Waals surface area contributed by atoms with Crippen LogP contribution in [0, 0.1) is 12.3 Å². The van der Waals surface area contributed by atoms with Crippen molar-refractivity contribution >= 4 is 17.2 Å². The first-order valence-corrected chi connectivity index (χ1v) is 8.56. The van der Waals surface area contributed by atoms with Crippen LogP contribution in [0.1, 0.15) is 23.1 Å². The van der Waals surface area contributed by atoms with Gasteiger partial charge in [-0.1, -0.05) is 12.1 Å². The van der Waals surface area contributed by atoms with E-state index in [1.807, 2.05) is 13.8 Å². The fourth-order valence-corrected chi connectivity index (χ4v) is 4.02. The van der Waals surface area contributed by atoms with E-state index in [2.05, 4.69) is 9.88 Å². The number of thiazole rings is 1. The number of carbonyl (C=O) groups excluding carboxylic acids is 1. The highest BCUT2D eigenvalue weighted by Crippen LogP contribution is 2.35. The van der Waals surface area contributed by atoms with Gasteiger partial charge in [-0.2, -0.15) is 13.2 Å². The molecule has 1 saturated heterocycles. The van der Waals surface area contributed by atoms with Gasteiger partial charge in [0.1, 0.15) is 5.01 Å². The van der Waals surface area contributed by atoms with Crippen molar-refractivity contribution < 1.29 is 18.0 Å². The summed E-state index contributed by atoms with van der Waals surface area (Å²) in [5.74, 6) is -0.296. The van der Waals surface area contributed by atoms with Crippen LogP contribution < -0.4 is 5.73 Å². The van der Waals surface area contributed by atoms with Gasteiger partial charge in [-0.25, -0.2) is 4.98 Å². The summed E-state index contributed by atoms with van der Waals surface area (Å²) in [7, 11) is 0. The predicted octanol–water partition coefficient (Wildman–Crippen LogP) is 3.44. The van der Waals surface area contributed by atoms with E-state index in [9.17, 15) is 18.0 Å². The largest absolute Gasteiger partial charge is 0.416 e. The van der Waals surface area contributed by atoms with Gasteiger partial charge in [0.05, 0.1) is 16.7 Å².